The van der Waals surface area contributed by atoms with Gasteiger partial charge in [-0.1, -0.05) is 20.8 Å². The lowest BCUT2D eigenvalue weighted by Gasteiger charge is -2.42. The molecule has 0 aromatic carbocycles. The van der Waals surface area contributed by atoms with Gasteiger partial charge in [-0.15, -0.1) is 0 Å². The van der Waals surface area contributed by atoms with Gasteiger partial charge < -0.3 is 10.4 Å². The molecule has 2 rings (SSSR count). The van der Waals surface area contributed by atoms with Gasteiger partial charge in [-0.3, -0.25) is 14.5 Å². The SMILES string of the molecule is CCN(CC(=O)O)C1CC(NC(=O)CC2CCC(C)(C)CC2)C1. The topological polar surface area (TPSA) is 69.6 Å². The Kier molecular flexibility index (Phi) is 6.06. The molecule has 1 amide bonds. The lowest BCUT2D eigenvalue weighted by molar-refractivity contribution is -0.139. The number of hydrogen-bond acceptors (Lipinski definition) is 3. The van der Waals surface area contributed by atoms with Crippen LogP contribution in [0.3, 0.4) is 0 Å². The minimum Gasteiger partial charge on any atom is -0.480 e. The summed E-state index contributed by atoms with van der Waals surface area (Å²) in [5.41, 5.74) is 0.446. The predicted octanol–water partition coefficient (Wildman–Crippen LogP) is 2.65. The first kappa shape index (κ1) is 18.2. The van der Waals surface area contributed by atoms with Crippen molar-refractivity contribution >= 4 is 11.9 Å². The lowest BCUT2D eigenvalue weighted by Crippen LogP contribution is -2.55. The van der Waals surface area contributed by atoms with Gasteiger partial charge in [0, 0.05) is 18.5 Å². The van der Waals surface area contributed by atoms with Crippen LogP contribution in [0.2, 0.25) is 0 Å². The highest BCUT2D eigenvalue weighted by Crippen LogP contribution is 2.39. The molecule has 0 saturated heterocycles. The van der Waals surface area contributed by atoms with Crippen LogP contribution in [0.1, 0.15) is 65.7 Å². The van der Waals surface area contributed by atoms with Crippen LogP contribution in [0, 0.1) is 11.3 Å². The third-order valence-electron chi connectivity index (χ3n) is 5.67. The average Bonchev–Trinajstić information content (AvgIpc) is 2.42. The molecule has 0 unspecified atom stereocenters. The number of likely N-dealkylation sites (N-methyl/N-ethyl adjacent to an activating group) is 1. The number of carboxylic acids is 1. The largest absolute Gasteiger partial charge is 0.480 e. The Morgan fingerprint density at radius 3 is 2.35 bits per heavy atom. The number of nitrogens with zero attached hydrogens (tertiary/aromatic N) is 1. The van der Waals surface area contributed by atoms with E-state index in [9.17, 15) is 9.59 Å². The molecular formula is C18H32N2O3. The summed E-state index contributed by atoms with van der Waals surface area (Å²) in [5.74, 6) is -0.0583. The van der Waals surface area contributed by atoms with Gasteiger partial charge in [0.25, 0.3) is 0 Å². The van der Waals surface area contributed by atoms with Gasteiger partial charge >= 0.3 is 5.97 Å². The van der Waals surface area contributed by atoms with Crippen LogP contribution in [0.4, 0.5) is 0 Å². The smallest absolute Gasteiger partial charge is 0.317 e. The summed E-state index contributed by atoms with van der Waals surface area (Å²) >= 11 is 0. The predicted molar refractivity (Wildman–Crippen MR) is 90.2 cm³/mol. The lowest BCUT2D eigenvalue weighted by atomic mass is 9.72. The molecule has 0 aromatic rings. The van der Waals surface area contributed by atoms with E-state index in [1.54, 1.807) is 0 Å². The zero-order valence-corrected chi connectivity index (χ0v) is 14.8. The molecule has 0 aromatic heterocycles. The van der Waals surface area contributed by atoms with Crippen LogP contribution in [0.25, 0.3) is 0 Å². The second-order valence-corrected chi connectivity index (χ2v) is 8.16. The van der Waals surface area contributed by atoms with Gasteiger partial charge in [0.2, 0.25) is 5.91 Å². The van der Waals surface area contributed by atoms with Crippen LogP contribution < -0.4 is 5.32 Å². The highest BCUT2D eigenvalue weighted by atomic mass is 16.4. The normalized spacial score (nSPS) is 27.5. The fourth-order valence-corrected chi connectivity index (χ4v) is 3.89. The molecule has 2 N–H and O–H groups in total. The Bertz CT molecular complexity index is 420. The fraction of sp³-hybridized carbons (Fsp3) is 0.889. The highest BCUT2D eigenvalue weighted by molar-refractivity contribution is 5.76. The zero-order valence-electron chi connectivity index (χ0n) is 14.8. The summed E-state index contributed by atoms with van der Waals surface area (Å²) in [7, 11) is 0. The van der Waals surface area contributed by atoms with Gasteiger partial charge in [-0.2, -0.15) is 0 Å². The molecule has 2 aliphatic carbocycles. The van der Waals surface area contributed by atoms with Gasteiger partial charge in [-0.25, -0.2) is 0 Å². The summed E-state index contributed by atoms with van der Waals surface area (Å²) in [6.07, 6.45) is 7.18. The summed E-state index contributed by atoms with van der Waals surface area (Å²) in [6, 6.07) is 0.534. The molecule has 0 spiro atoms. The maximum atomic E-state index is 12.2. The molecule has 2 aliphatic rings. The molecule has 5 heteroatoms. The van der Waals surface area contributed by atoms with Crippen molar-refractivity contribution in [1.29, 1.82) is 0 Å². The highest BCUT2D eigenvalue weighted by Gasteiger charge is 2.35. The van der Waals surface area contributed by atoms with Gasteiger partial charge in [-0.05, 0) is 56.4 Å². The third kappa shape index (κ3) is 5.48. The summed E-state index contributed by atoms with van der Waals surface area (Å²) in [4.78, 5) is 25.0. The number of nitrogens with one attached hydrogen (secondary N) is 1. The van der Waals surface area contributed by atoms with Crippen LogP contribution in [-0.4, -0.2) is 47.1 Å². The first-order chi connectivity index (χ1) is 10.8. The molecule has 0 aliphatic heterocycles. The Labute approximate surface area is 139 Å². The first-order valence-corrected chi connectivity index (χ1v) is 9.04. The summed E-state index contributed by atoms with van der Waals surface area (Å²) in [5, 5.41) is 12.0. The first-order valence-electron chi connectivity index (χ1n) is 9.04. The van der Waals surface area contributed by atoms with E-state index in [2.05, 4.69) is 19.2 Å². The third-order valence-corrected chi connectivity index (χ3v) is 5.67. The van der Waals surface area contributed by atoms with Gasteiger partial charge in [0.15, 0.2) is 0 Å². The number of carbonyl (C=O) groups excluding carboxylic acids is 1. The minimum atomic E-state index is -0.778. The fourth-order valence-electron chi connectivity index (χ4n) is 3.89. The minimum absolute atomic E-state index is 0.0969. The molecule has 0 heterocycles. The molecule has 2 saturated carbocycles. The van der Waals surface area contributed by atoms with Crippen molar-refractivity contribution in [1.82, 2.24) is 10.2 Å². The summed E-state index contributed by atoms with van der Waals surface area (Å²) < 4.78 is 0. The zero-order chi connectivity index (χ0) is 17.0. The number of carbonyl (C=O) groups is 2. The second kappa shape index (κ2) is 7.65. The second-order valence-electron chi connectivity index (χ2n) is 8.16. The van der Waals surface area contributed by atoms with Crippen molar-refractivity contribution in [2.75, 3.05) is 13.1 Å². The van der Waals surface area contributed by atoms with Gasteiger partial charge in [0.1, 0.15) is 0 Å². The number of amides is 1. The molecule has 5 nitrogen and oxygen atoms in total. The number of rotatable bonds is 7. The summed E-state index contributed by atoms with van der Waals surface area (Å²) in [6.45, 7) is 7.46. The quantitative estimate of drug-likeness (QED) is 0.755. The van der Waals surface area contributed by atoms with E-state index in [4.69, 9.17) is 5.11 Å². The van der Waals surface area contributed by atoms with E-state index in [1.165, 1.54) is 12.8 Å². The molecule has 0 atom stereocenters. The monoisotopic (exact) mass is 324 g/mol. The standard InChI is InChI=1S/C18H32N2O3/c1-4-20(12-17(22)23)15-10-14(11-15)19-16(21)9-13-5-7-18(2,3)8-6-13/h13-15H,4-12H2,1-3H3,(H,19,21)(H,22,23). The van der Waals surface area contributed by atoms with Crippen molar-refractivity contribution in [3.8, 4) is 0 Å². The van der Waals surface area contributed by atoms with Crippen molar-refractivity contribution in [2.45, 2.75) is 77.8 Å². The Balaban J connectivity index is 1.65. The van der Waals surface area contributed by atoms with Crippen molar-refractivity contribution in [2.24, 2.45) is 11.3 Å². The Morgan fingerprint density at radius 1 is 1.22 bits per heavy atom. The molecule has 2 fully saturated rings. The van der Waals surface area contributed by atoms with Gasteiger partial charge in [0.05, 0.1) is 6.54 Å². The van der Waals surface area contributed by atoms with Crippen LogP contribution in [0.15, 0.2) is 0 Å². The van der Waals surface area contributed by atoms with Crippen LogP contribution in [-0.2, 0) is 9.59 Å². The molecular weight excluding hydrogens is 292 g/mol. The maximum Gasteiger partial charge on any atom is 0.317 e. The van der Waals surface area contributed by atoms with E-state index in [0.29, 0.717) is 23.8 Å². The van der Waals surface area contributed by atoms with Crippen LogP contribution in [0.5, 0.6) is 0 Å². The number of aliphatic carboxylic acids is 1. The van der Waals surface area contributed by atoms with E-state index in [-0.39, 0.29) is 18.5 Å². The average molecular weight is 324 g/mol. The van der Waals surface area contributed by atoms with E-state index < -0.39 is 5.97 Å². The number of carboxylic acid groups (broad SMARTS) is 1. The van der Waals surface area contributed by atoms with E-state index in [1.807, 2.05) is 11.8 Å². The van der Waals surface area contributed by atoms with E-state index in [0.717, 1.165) is 32.2 Å². The Hall–Kier alpha value is -1.10. The number of hydrogen-bond donors (Lipinski definition) is 2. The molecule has 0 bridgehead atoms. The van der Waals surface area contributed by atoms with Crippen molar-refractivity contribution in [3.05, 3.63) is 0 Å². The molecule has 0 radical (unpaired) electrons. The Morgan fingerprint density at radius 2 is 1.83 bits per heavy atom. The van der Waals surface area contributed by atoms with Crippen molar-refractivity contribution in [3.63, 3.8) is 0 Å². The van der Waals surface area contributed by atoms with Crippen molar-refractivity contribution < 1.29 is 14.7 Å². The van der Waals surface area contributed by atoms with Crippen LogP contribution >= 0.6 is 0 Å². The maximum absolute atomic E-state index is 12.2. The molecule has 132 valence electrons. The van der Waals surface area contributed by atoms with E-state index >= 15 is 0 Å². The molecule has 23 heavy (non-hydrogen) atoms.